The SMILES string of the molecule is CN[C@@H]1CCCN(c2c(C(F)(F)F)cnc3[nH]cc(NC(=O)COC)c23)C1. The van der Waals surface area contributed by atoms with Gasteiger partial charge in [0.2, 0.25) is 5.91 Å². The highest BCUT2D eigenvalue weighted by Crippen LogP contribution is 2.43. The molecule has 0 saturated carbocycles. The number of hydrogen-bond acceptors (Lipinski definition) is 5. The molecule has 0 aliphatic carbocycles. The summed E-state index contributed by atoms with van der Waals surface area (Å²) in [4.78, 5) is 20.4. The summed E-state index contributed by atoms with van der Waals surface area (Å²) in [5.41, 5.74) is -0.223. The maximum Gasteiger partial charge on any atom is 0.419 e. The third kappa shape index (κ3) is 4.01. The fourth-order valence-electron chi connectivity index (χ4n) is 3.45. The van der Waals surface area contributed by atoms with Crippen molar-refractivity contribution in [3.8, 4) is 0 Å². The Bertz CT molecular complexity index is 821. The number of anilines is 2. The number of aromatic amines is 1. The van der Waals surface area contributed by atoms with E-state index in [1.54, 1.807) is 11.9 Å². The molecule has 3 N–H and O–H groups in total. The molecule has 148 valence electrons. The Morgan fingerprint density at radius 3 is 2.93 bits per heavy atom. The number of pyridine rings is 1. The van der Waals surface area contributed by atoms with Gasteiger partial charge in [0.1, 0.15) is 12.3 Å². The number of fused-ring (bicyclic) bond motifs is 1. The molecule has 0 unspecified atom stereocenters. The van der Waals surface area contributed by atoms with E-state index >= 15 is 0 Å². The van der Waals surface area contributed by atoms with Crippen molar-refractivity contribution in [2.24, 2.45) is 0 Å². The molecule has 7 nitrogen and oxygen atoms in total. The van der Waals surface area contributed by atoms with Crippen LogP contribution in [0.15, 0.2) is 12.4 Å². The van der Waals surface area contributed by atoms with Gasteiger partial charge in [0.15, 0.2) is 0 Å². The van der Waals surface area contributed by atoms with Gasteiger partial charge in [0.05, 0.1) is 22.3 Å². The molecule has 0 bridgehead atoms. The van der Waals surface area contributed by atoms with Gasteiger partial charge in [-0.2, -0.15) is 13.2 Å². The number of nitrogens with zero attached hydrogens (tertiary/aromatic N) is 2. The van der Waals surface area contributed by atoms with Crippen molar-refractivity contribution in [3.63, 3.8) is 0 Å². The number of carbonyl (C=O) groups is 1. The highest BCUT2D eigenvalue weighted by Gasteiger charge is 2.38. The van der Waals surface area contributed by atoms with Crippen LogP contribution in [0.25, 0.3) is 11.0 Å². The first-order chi connectivity index (χ1) is 12.8. The number of alkyl halides is 3. The third-order valence-corrected chi connectivity index (χ3v) is 4.67. The van der Waals surface area contributed by atoms with Crippen LogP contribution >= 0.6 is 0 Å². The standard InChI is InChI=1S/C17H22F3N5O2/c1-21-10-4-3-5-25(8-10)15-11(17(18,19)20)6-22-16-14(15)12(7-23-16)24-13(26)9-27-2/h6-7,10,21H,3-5,8-9H2,1-2H3,(H,22,23)(H,24,26)/t10-/m1/s1. The Labute approximate surface area is 154 Å². The molecule has 2 aromatic heterocycles. The summed E-state index contributed by atoms with van der Waals surface area (Å²) in [7, 11) is 3.17. The zero-order chi connectivity index (χ0) is 19.6. The van der Waals surface area contributed by atoms with Crippen molar-refractivity contribution in [2.45, 2.75) is 25.1 Å². The van der Waals surface area contributed by atoms with Crippen LogP contribution in [-0.2, 0) is 15.7 Å². The third-order valence-electron chi connectivity index (χ3n) is 4.67. The largest absolute Gasteiger partial charge is 0.419 e. The first-order valence-corrected chi connectivity index (χ1v) is 8.63. The van der Waals surface area contributed by atoms with Gasteiger partial charge in [0.25, 0.3) is 0 Å². The Morgan fingerprint density at radius 1 is 1.48 bits per heavy atom. The number of amides is 1. The minimum atomic E-state index is -4.56. The summed E-state index contributed by atoms with van der Waals surface area (Å²) in [5.74, 6) is -0.450. The molecule has 1 saturated heterocycles. The van der Waals surface area contributed by atoms with E-state index < -0.39 is 17.6 Å². The molecule has 1 aliphatic heterocycles. The maximum atomic E-state index is 13.7. The van der Waals surface area contributed by atoms with E-state index in [1.165, 1.54) is 13.3 Å². The van der Waals surface area contributed by atoms with Gasteiger partial charge in [-0.05, 0) is 19.9 Å². The Balaban J connectivity index is 2.14. The number of hydrogen-bond donors (Lipinski definition) is 3. The maximum absolute atomic E-state index is 13.7. The molecule has 0 radical (unpaired) electrons. The summed E-state index contributed by atoms with van der Waals surface area (Å²) < 4.78 is 46.0. The van der Waals surface area contributed by atoms with Crippen LogP contribution in [0.4, 0.5) is 24.5 Å². The van der Waals surface area contributed by atoms with Gasteiger partial charge in [0, 0.05) is 38.6 Å². The number of carbonyl (C=O) groups excluding carboxylic acids is 1. The number of rotatable bonds is 5. The summed E-state index contributed by atoms with van der Waals surface area (Å²) >= 11 is 0. The van der Waals surface area contributed by atoms with E-state index in [0.717, 1.165) is 19.0 Å². The number of halogens is 3. The lowest BCUT2D eigenvalue weighted by atomic mass is 10.0. The first kappa shape index (κ1) is 19.4. The fourth-order valence-corrected chi connectivity index (χ4v) is 3.45. The van der Waals surface area contributed by atoms with Crippen LogP contribution in [0.1, 0.15) is 18.4 Å². The van der Waals surface area contributed by atoms with Crippen LogP contribution in [0, 0.1) is 0 Å². The summed E-state index contributed by atoms with van der Waals surface area (Å²) in [5, 5.41) is 5.99. The van der Waals surface area contributed by atoms with Gasteiger partial charge >= 0.3 is 6.18 Å². The lowest BCUT2D eigenvalue weighted by molar-refractivity contribution is -0.137. The van der Waals surface area contributed by atoms with Crippen molar-refractivity contribution in [3.05, 3.63) is 18.0 Å². The summed E-state index contributed by atoms with van der Waals surface area (Å²) in [6, 6.07) is 0.0912. The van der Waals surface area contributed by atoms with Gasteiger partial charge in [-0.3, -0.25) is 4.79 Å². The molecule has 1 fully saturated rings. The van der Waals surface area contributed by atoms with Gasteiger partial charge in [-0.15, -0.1) is 0 Å². The van der Waals surface area contributed by atoms with Crippen molar-refractivity contribution in [1.82, 2.24) is 15.3 Å². The molecule has 0 spiro atoms. The van der Waals surface area contributed by atoms with E-state index in [1.807, 2.05) is 0 Å². The topological polar surface area (TPSA) is 82.3 Å². The highest BCUT2D eigenvalue weighted by atomic mass is 19.4. The number of aromatic nitrogens is 2. The monoisotopic (exact) mass is 385 g/mol. The van der Waals surface area contributed by atoms with Crippen LogP contribution in [0.3, 0.4) is 0 Å². The Morgan fingerprint density at radius 2 is 2.26 bits per heavy atom. The van der Waals surface area contributed by atoms with Crippen LogP contribution in [0.5, 0.6) is 0 Å². The molecule has 1 amide bonds. The van der Waals surface area contributed by atoms with Crippen LogP contribution in [0.2, 0.25) is 0 Å². The van der Waals surface area contributed by atoms with Gasteiger partial charge < -0.3 is 25.3 Å². The lowest BCUT2D eigenvalue weighted by Gasteiger charge is -2.36. The zero-order valence-corrected chi connectivity index (χ0v) is 15.1. The second-order valence-electron chi connectivity index (χ2n) is 6.50. The molecule has 2 aromatic rings. The van der Waals surface area contributed by atoms with Crippen LogP contribution < -0.4 is 15.5 Å². The second kappa shape index (κ2) is 7.73. The molecular weight excluding hydrogens is 363 g/mol. The van der Waals surface area contributed by atoms with Crippen molar-refractivity contribution < 1.29 is 22.7 Å². The Kier molecular flexibility index (Phi) is 5.56. The molecule has 0 aromatic carbocycles. The zero-order valence-electron chi connectivity index (χ0n) is 15.1. The molecular formula is C17H22F3N5O2. The number of likely N-dealkylation sites (N-methyl/N-ethyl adjacent to an activating group) is 1. The van der Waals surface area contributed by atoms with Gasteiger partial charge in [-0.1, -0.05) is 0 Å². The van der Waals surface area contributed by atoms with E-state index in [4.69, 9.17) is 4.74 Å². The van der Waals surface area contributed by atoms with E-state index in [2.05, 4.69) is 20.6 Å². The minimum absolute atomic E-state index is 0.0430. The summed E-state index contributed by atoms with van der Waals surface area (Å²) in [6.07, 6.45) is -0.601. The molecule has 1 aliphatic rings. The van der Waals surface area contributed by atoms with E-state index in [-0.39, 0.29) is 35.1 Å². The molecule has 3 rings (SSSR count). The number of methoxy groups -OCH3 is 1. The smallest absolute Gasteiger partial charge is 0.375 e. The number of ether oxygens (including phenoxy) is 1. The van der Waals surface area contributed by atoms with E-state index in [0.29, 0.717) is 13.1 Å². The van der Waals surface area contributed by atoms with E-state index in [9.17, 15) is 18.0 Å². The van der Waals surface area contributed by atoms with Crippen molar-refractivity contribution in [1.29, 1.82) is 0 Å². The molecule has 27 heavy (non-hydrogen) atoms. The first-order valence-electron chi connectivity index (χ1n) is 8.63. The minimum Gasteiger partial charge on any atom is -0.375 e. The number of H-pyrrole nitrogens is 1. The Hall–Kier alpha value is -2.33. The lowest BCUT2D eigenvalue weighted by Crippen LogP contribution is -2.45. The summed E-state index contributed by atoms with van der Waals surface area (Å²) in [6.45, 7) is 0.742. The number of piperidine rings is 1. The van der Waals surface area contributed by atoms with Crippen molar-refractivity contribution in [2.75, 3.05) is 44.1 Å². The predicted molar refractivity (Wildman–Crippen MR) is 95.9 cm³/mol. The quantitative estimate of drug-likeness (QED) is 0.736. The average Bonchev–Trinajstić information content (AvgIpc) is 3.03. The highest BCUT2D eigenvalue weighted by molar-refractivity contribution is 6.07. The molecule has 1 atom stereocenters. The molecule has 10 heteroatoms. The second-order valence-corrected chi connectivity index (χ2v) is 6.50. The van der Waals surface area contributed by atoms with Crippen molar-refractivity contribution >= 4 is 28.3 Å². The predicted octanol–water partition coefficient (Wildman–Crippen LogP) is 2.35. The normalized spacial score (nSPS) is 18.1. The van der Waals surface area contributed by atoms with Crippen LogP contribution in [-0.4, -0.2) is 55.8 Å². The number of nitrogens with one attached hydrogen (secondary N) is 3. The molecule has 3 heterocycles. The average molecular weight is 385 g/mol. The van der Waals surface area contributed by atoms with Gasteiger partial charge in [-0.25, -0.2) is 4.98 Å². The fraction of sp³-hybridized carbons (Fsp3) is 0.529.